The minimum absolute atomic E-state index is 0.737. The van der Waals surface area contributed by atoms with Crippen LogP contribution in [0.25, 0.3) is 0 Å². The average molecular weight is 262 g/mol. The van der Waals surface area contributed by atoms with Crippen molar-refractivity contribution in [1.29, 1.82) is 0 Å². The van der Waals surface area contributed by atoms with E-state index in [-0.39, 0.29) is 0 Å². The fourth-order valence-corrected chi connectivity index (χ4v) is 2.84. The van der Waals surface area contributed by atoms with E-state index in [9.17, 15) is 0 Å². The number of nitrogens with zero attached hydrogens (tertiary/aromatic N) is 1. The highest BCUT2D eigenvalue weighted by Gasteiger charge is 2.33. The number of hydrogen-bond donors (Lipinski definition) is 1. The third-order valence-electron chi connectivity index (χ3n) is 4.19. The fourth-order valence-electron chi connectivity index (χ4n) is 2.84. The van der Waals surface area contributed by atoms with Crippen LogP contribution in [0.15, 0.2) is 24.3 Å². The molecule has 106 valence electrons. The van der Waals surface area contributed by atoms with Crippen molar-refractivity contribution in [2.75, 3.05) is 27.2 Å². The molecule has 0 saturated heterocycles. The van der Waals surface area contributed by atoms with Gasteiger partial charge in [-0.3, -0.25) is 4.90 Å². The summed E-state index contributed by atoms with van der Waals surface area (Å²) in [6.07, 6.45) is 2.70. The highest BCUT2D eigenvalue weighted by Crippen LogP contribution is 2.31. The lowest BCUT2D eigenvalue weighted by molar-refractivity contribution is 0.0784. The monoisotopic (exact) mass is 262 g/mol. The molecule has 0 radical (unpaired) electrons. The Bertz CT molecular complexity index is 377. The van der Waals surface area contributed by atoms with E-state index < -0.39 is 0 Å². The van der Waals surface area contributed by atoms with Crippen LogP contribution in [0.5, 0.6) is 5.75 Å². The lowest BCUT2D eigenvalue weighted by atomic mass is 9.78. The Hall–Kier alpha value is -1.06. The molecule has 2 atom stereocenters. The largest absolute Gasteiger partial charge is 0.497 e. The van der Waals surface area contributed by atoms with Crippen LogP contribution < -0.4 is 10.1 Å². The molecule has 0 spiro atoms. The van der Waals surface area contributed by atoms with Gasteiger partial charge in [0.2, 0.25) is 0 Å². The minimum atomic E-state index is 0.737. The zero-order chi connectivity index (χ0) is 13.7. The molecular weight excluding hydrogens is 236 g/mol. The molecule has 0 amide bonds. The third kappa shape index (κ3) is 3.71. The highest BCUT2D eigenvalue weighted by atomic mass is 16.5. The van der Waals surface area contributed by atoms with Crippen LogP contribution in [0.1, 0.15) is 25.3 Å². The van der Waals surface area contributed by atoms with E-state index in [1.165, 1.54) is 18.4 Å². The minimum Gasteiger partial charge on any atom is -0.497 e. The van der Waals surface area contributed by atoms with Gasteiger partial charge in [0.25, 0.3) is 0 Å². The van der Waals surface area contributed by atoms with Gasteiger partial charge in [0.05, 0.1) is 7.11 Å². The SMILES string of the molecule is CCNCC1CCC1N(C)Cc1ccc(OC)cc1. The van der Waals surface area contributed by atoms with Gasteiger partial charge in [-0.25, -0.2) is 0 Å². The Morgan fingerprint density at radius 3 is 2.53 bits per heavy atom. The number of methoxy groups -OCH3 is 1. The van der Waals surface area contributed by atoms with E-state index in [0.717, 1.165) is 37.3 Å². The second kappa shape index (κ2) is 6.92. The Morgan fingerprint density at radius 2 is 2.00 bits per heavy atom. The number of ether oxygens (including phenoxy) is 1. The Morgan fingerprint density at radius 1 is 1.26 bits per heavy atom. The first-order valence-electron chi connectivity index (χ1n) is 7.28. The van der Waals surface area contributed by atoms with Crippen molar-refractivity contribution in [2.24, 2.45) is 5.92 Å². The molecule has 1 aliphatic rings. The molecule has 1 saturated carbocycles. The molecule has 2 rings (SSSR count). The molecule has 1 aromatic rings. The van der Waals surface area contributed by atoms with Gasteiger partial charge >= 0.3 is 0 Å². The van der Waals surface area contributed by atoms with E-state index >= 15 is 0 Å². The van der Waals surface area contributed by atoms with Crippen molar-refractivity contribution in [3.05, 3.63) is 29.8 Å². The molecule has 19 heavy (non-hydrogen) atoms. The van der Waals surface area contributed by atoms with E-state index in [1.807, 2.05) is 12.1 Å². The van der Waals surface area contributed by atoms with Crippen molar-refractivity contribution in [3.63, 3.8) is 0 Å². The predicted octanol–water partition coefficient (Wildman–Crippen LogP) is 2.52. The molecule has 0 bridgehead atoms. The lowest BCUT2D eigenvalue weighted by Gasteiger charge is -2.43. The Balaban J connectivity index is 1.84. The molecule has 1 fully saturated rings. The van der Waals surface area contributed by atoms with Gasteiger partial charge in [0.1, 0.15) is 5.75 Å². The van der Waals surface area contributed by atoms with Crippen LogP contribution in [-0.2, 0) is 6.54 Å². The standard InChI is InChI=1S/C16H26N2O/c1-4-17-11-14-7-10-16(14)18(2)12-13-5-8-15(19-3)9-6-13/h5-6,8-9,14,16-17H,4,7,10-12H2,1-3H3. The van der Waals surface area contributed by atoms with Gasteiger partial charge in [-0.15, -0.1) is 0 Å². The normalized spacial score (nSPS) is 22.3. The topological polar surface area (TPSA) is 24.5 Å². The van der Waals surface area contributed by atoms with Gasteiger partial charge in [-0.05, 0) is 56.6 Å². The number of rotatable bonds is 7. The maximum Gasteiger partial charge on any atom is 0.118 e. The predicted molar refractivity (Wildman–Crippen MR) is 79.5 cm³/mol. The molecule has 1 aromatic carbocycles. The molecule has 3 heteroatoms. The molecule has 1 aliphatic carbocycles. The highest BCUT2D eigenvalue weighted by molar-refractivity contribution is 5.27. The summed E-state index contributed by atoms with van der Waals surface area (Å²) in [4.78, 5) is 2.49. The lowest BCUT2D eigenvalue weighted by Crippen LogP contribution is -2.48. The second-order valence-corrected chi connectivity index (χ2v) is 5.48. The summed E-state index contributed by atoms with van der Waals surface area (Å²) in [5, 5.41) is 3.47. The summed E-state index contributed by atoms with van der Waals surface area (Å²) in [5.74, 6) is 1.75. The summed E-state index contributed by atoms with van der Waals surface area (Å²) in [7, 11) is 3.95. The maximum absolute atomic E-state index is 5.19. The van der Waals surface area contributed by atoms with Gasteiger partial charge < -0.3 is 10.1 Å². The van der Waals surface area contributed by atoms with Crippen LogP contribution in [0.3, 0.4) is 0 Å². The van der Waals surface area contributed by atoms with Crippen molar-refractivity contribution < 1.29 is 4.74 Å². The zero-order valence-corrected chi connectivity index (χ0v) is 12.4. The van der Waals surface area contributed by atoms with Crippen molar-refractivity contribution in [2.45, 2.75) is 32.4 Å². The van der Waals surface area contributed by atoms with E-state index in [0.29, 0.717) is 0 Å². The summed E-state index contributed by atoms with van der Waals surface area (Å²) in [6, 6.07) is 9.14. The van der Waals surface area contributed by atoms with E-state index in [2.05, 4.69) is 36.3 Å². The van der Waals surface area contributed by atoms with Crippen LogP contribution >= 0.6 is 0 Å². The summed E-state index contributed by atoms with van der Waals surface area (Å²) < 4.78 is 5.19. The Labute approximate surface area is 116 Å². The second-order valence-electron chi connectivity index (χ2n) is 5.48. The molecule has 2 unspecified atom stereocenters. The first-order valence-corrected chi connectivity index (χ1v) is 7.28. The van der Waals surface area contributed by atoms with Gasteiger partial charge in [0.15, 0.2) is 0 Å². The molecular formula is C16H26N2O. The number of benzene rings is 1. The number of nitrogens with one attached hydrogen (secondary N) is 1. The van der Waals surface area contributed by atoms with Crippen LogP contribution in [-0.4, -0.2) is 38.2 Å². The zero-order valence-electron chi connectivity index (χ0n) is 12.4. The first-order chi connectivity index (χ1) is 9.24. The first kappa shape index (κ1) is 14.4. The van der Waals surface area contributed by atoms with E-state index in [4.69, 9.17) is 4.74 Å². The van der Waals surface area contributed by atoms with Crippen LogP contribution in [0.2, 0.25) is 0 Å². The quantitative estimate of drug-likeness (QED) is 0.817. The molecule has 1 N–H and O–H groups in total. The third-order valence-corrected chi connectivity index (χ3v) is 4.19. The van der Waals surface area contributed by atoms with Crippen molar-refractivity contribution >= 4 is 0 Å². The summed E-state index contributed by atoms with van der Waals surface area (Å²) >= 11 is 0. The molecule has 0 heterocycles. The van der Waals surface area contributed by atoms with Crippen LogP contribution in [0, 0.1) is 5.92 Å². The van der Waals surface area contributed by atoms with Gasteiger partial charge in [-0.2, -0.15) is 0 Å². The summed E-state index contributed by atoms with van der Waals surface area (Å²) in [6.45, 7) is 5.44. The average Bonchev–Trinajstić information content (AvgIpc) is 2.38. The molecule has 3 nitrogen and oxygen atoms in total. The molecule has 0 aromatic heterocycles. The van der Waals surface area contributed by atoms with E-state index in [1.54, 1.807) is 7.11 Å². The van der Waals surface area contributed by atoms with Crippen molar-refractivity contribution in [1.82, 2.24) is 10.2 Å². The fraction of sp³-hybridized carbons (Fsp3) is 0.625. The smallest absolute Gasteiger partial charge is 0.118 e. The molecule has 0 aliphatic heterocycles. The van der Waals surface area contributed by atoms with Gasteiger partial charge in [0, 0.05) is 12.6 Å². The maximum atomic E-state index is 5.19. The Kier molecular flexibility index (Phi) is 5.23. The van der Waals surface area contributed by atoms with Gasteiger partial charge in [-0.1, -0.05) is 19.1 Å². The van der Waals surface area contributed by atoms with Crippen molar-refractivity contribution in [3.8, 4) is 5.75 Å². The number of hydrogen-bond acceptors (Lipinski definition) is 3. The van der Waals surface area contributed by atoms with Crippen LogP contribution in [0.4, 0.5) is 0 Å². The summed E-state index contributed by atoms with van der Waals surface area (Å²) in [5.41, 5.74) is 1.36.